The van der Waals surface area contributed by atoms with E-state index in [0.29, 0.717) is 16.9 Å². The molecule has 0 saturated carbocycles. The Morgan fingerprint density at radius 1 is 1.07 bits per heavy atom. The molecule has 0 aliphatic carbocycles. The number of amidine groups is 1. The van der Waals surface area contributed by atoms with Gasteiger partial charge in [0.2, 0.25) is 0 Å². The Morgan fingerprint density at radius 2 is 1.66 bits per heavy atom. The van der Waals surface area contributed by atoms with Crippen molar-refractivity contribution >= 4 is 23.7 Å². The van der Waals surface area contributed by atoms with Crippen LogP contribution in [0.25, 0.3) is 0 Å². The standard InChI is InChI=1S/C20H21N3O6/c1-28-20(27)16(10-12-2-8-15(9-3-12)29-11-17(24)25)23-19(26)14-6-4-13(5-7-14)18(21)22/h2-9,16H,10-11H2,1H3,(H3,21,22)(H,23,26)(H,24,25). The average molecular weight is 399 g/mol. The van der Waals surface area contributed by atoms with Crippen molar-refractivity contribution < 1.29 is 29.0 Å². The lowest BCUT2D eigenvalue weighted by Gasteiger charge is -2.17. The number of methoxy groups -OCH3 is 1. The third-order valence-corrected chi connectivity index (χ3v) is 3.97. The number of esters is 1. The highest BCUT2D eigenvalue weighted by Crippen LogP contribution is 2.14. The molecule has 0 bridgehead atoms. The lowest BCUT2D eigenvalue weighted by molar-refractivity contribution is -0.143. The predicted molar refractivity (Wildman–Crippen MR) is 104 cm³/mol. The number of amides is 1. The van der Waals surface area contributed by atoms with Crippen molar-refractivity contribution in [3.8, 4) is 5.75 Å². The fraction of sp³-hybridized carbons (Fsp3) is 0.200. The molecule has 0 saturated heterocycles. The summed E-state index contributed by atoms with van der Waals surface area (Å²) in [7, 11) is 1.23. The first kappa shape index (κ1) is 21.4. The van der Waals surface area contributed by atoms with Crippen LogP contribution < -0.4 is 15.8 Å². The zero-order valence-corrected chi connectivity index (χ0v) is 15.7. The minimum absolute atomic E-state index is 0.111. The van der Waals surface area contributed by atoms with Crippen molar-refractivity contribution in [3.05, 3.63) is 65.2 Å². The van der Waals surface area contributed by atoms with Gasteiger partial charge < -0.3 is 25.6 Å². The highest BCUT2D eigenvalue weighted by molar-refractivity contribution is 5.99. The number of aliphatic carboxylic acids is 1. The molecule has 2 aromatic rings. The Labute approximate surface area is 166 Å². The Hall–Kier alpha value is -3.88. The Bertz CT molecular complexity index is 893. The highest BCUT2D eigenvalue weighted by Gasteiger charge is 2.22. The van der Waals surface area contributed by atoms with E-state index in [1.54, 1.807) is 36.4 Å². The first-order chi connectivity index (χ1) is 13.8. The number of ether oxygens (including phenoxy) is 2. The number of nitrogen functional groups attached to an aromatic ring is 1. The average Bonchev–Trinajstić information content (AvgIpc) is 2.72. The summed E-state index contributed by atoms with van der Waals surface area (Å²) in [4.78, 5) is 35.1. The van der Waals surface area contributed by atoms with Gasteiger partial charge in [-0.3, -0.25) is 10.2 Å². The molecule has 9 heteroatoms. The molecule has 0 heterocycles. The minimum atomic E-state index is -1.08. The summed E-state index contributed by atoms with van der Waals surface area (Å²) in [6, 6.07) is 11.7. The molecule has 0 fully saturated rings. The number of carboxylic acid groups (broad SMARTS) is 1. The van der Waals surface area contributed by atoms with Crippen molar-refractivity contribution in [2.24, 2.45) is 5.73 Å². The molecule has 5 N–H and O–H groups in total. The summed E-state index contributed by atoms with van der Waals surface area (Å²) in [6.07, 6.45) is 0.170. The minimum Gasteiger partial charge on any atom is -0.482 e. The Kier molecular flexibility index (Phi) is 7.30. The van der Waals surface area contributed by atoms with Gasteiger partial charge in [0.05, 0.1) is 7.11 Å². The number of hydrogen-bond acceptors (Lipinski definition) is 6. The van der Waals surface area contributed by atoms with Crippen molar-refractivity contribution in [2.75, 3.05) is 13.7 Å². The predicted octanol–water partition coefficient (Wildman–Crippen LogP) is 0.948. The topological polar surface area (TPSA) is 152 Å². The summed E-state index contributed by atoms with van der Waals surface area (Å²) in [6.45, 7) is -0.456. The van der Waals surface area contributed by atoms with Crippen molar-refractivity contribution in [1.29, 1.82) is 5.41 Å². The van der Waals surface area contributed by atoms with Crippen LogP contribution in [0.1, 0.15) is 21.5 Å². The maximum absolute atomic E-state index is 12.5. The number of carbonyl (C=O) groups is 3. The van der Waals surface area contributed by atoms with Gasteiger partial charge in [0.15, 0.2) is 6.61 Å². The maximum Gasteiger partial charge on any atom is 0.341 e. The number of rotatable bonds is 9. The molecule has 152 valence electrons. The van der Waals surface area contributed by atoms with E-state index < -0.39 is 30.5 Å². The molecule has 0 aliphatic heterocycles. The summed E-state index contributed by atoms with van der Waals surface area (Å²) in [5.41, 5.74) is 6.90. The maximum atomic E-state index is 12.5. The molecule has 1 unspecified atom stereocenters. The second-order valence-electron chi connectivity index (χ2n) is 6.07. The molecule has 0 spiro atoms. The lowest BCUT2D eigenvalue weighted by atomic mass is 10.0. The molecule has 0 aromatic heterocycles. The van der Waals surface area contributed by atoms with E-state index in [2.05, 4.69) is 5.32 Å². The fourth-order valence-corrected chi connectivity index (χ4v) is 2.48. The van der Waals surface area contributed by atoms with Crippen molar-refractivity contribution in [3.63, 3.8) is 0 Å². The summed E-state index contributed by atoms with van der Waals surface area (Å²) in [5, 5.41) is 18.6. The first-order valence-corrected chi connectivity index (χ1v) is 8.57. The van der Waals surface area contributed by atoms with Gasteiger partial charge in [-0.15, -0.1) is 0 Å². The molecule has 2 rings (SSSR count). The quantitative estimate of drug-likeness (QED) is 0.278. The number of carboxylic acids is 1. The fourth-order valence-electron chi connectivity index (χ4n) is 2.48. The molecule has 0 aliphatic rings. The first-order valence-electron chi connectivity index (χ1n) is 8.57. The van der Waals surface area contributed by atoms with E-state index in [0.717, 1.165) is 5.56 Å². The van der Waals surface area contributed by atoms with Gasteiger partial charge in [-0.1, -0.05) is 24.3 Å². The Morgan fingerprint density at radius 3 is 2.17 bits per heavy atom. The molecule has 1 amide bonds. The van der Waals surface area contributed by atoms with Gasteiger partial charge in [0.1, 0.15) is 17.6 Å². The number of hydrogen-bond donors (Lipinski definition) is 4. The second kappa shape index (κ2) is 9.88. The van der Waals surface area contributed by atoms with E-state index in [1.165, 1.54) is 19.2 Å². The van der Waals surface area contributed by atoms with Gasteiger partial charge >= 0.3 is 11.9 Å². The van der Waals surface area contributed by atoms with Crippen molar-refractivity contribution in [2.45, 2.75) is 12.5 Å². The van der Waals surface area contributed by atoms with Crippen LogP contribution in [0.3, 0.4) is 0 Å². The molecule has 0 radical (unpaired) electrons. The molecule has 1 atom stereocenters. The summed E-state index contributed by atoms with van der Waals surface area (Å²) in [5.74, 6) is -1.90. The van der Waals surface area contributed by atoms with Crippen LogP contribution >= 0.6 is 0 Å². The van der Waals surface area contributed by atoms with Crippen LogP contribution in [0.15, 0.2) is 48.5 Å². The number of nitrogens with one attached hydrogen (secondary N) is 2. The van der Waals surface area contributed by atoms with Crippen LogP contribution in [0.2, 0.25) is 0 Å². The number of carbonyl (C=O) groups excluding carboxylic acids is 2. The zero-order valence-electron chi connectivity index (χ0n) is 15.7. The highest BCUT2D eigenvalue weighted by atomic mass is 16.5. The van der Waals surface area contributed by atoms with E-state index in [9.17, 15) is 14.4 Å². The summed E-state index contributed by atoms with van der Waals surface area (Å²) >= 11 is 0. The third-order valence-electron chi connectivity index (χ3n) is 3.97. The largest absolute Gasteiger partial charge is 0.482 e. The lowest BCUT2D eigenvalue weighted by Crippen LogP contribution is -2.43. The smallest absolute Gasteiger partial charge is 0.341 e. The molecular formula is C20H21N3O6. The van der Waals surface area contributed by atoms with Crippen molar-refractivity contribution in [1.82, 2.24) is 5.32 Å². The normalized spacial score (nSPS) is 11.2. The van der Waals surface area contributed by atoms with Crippen LogP contribution in [0.5, 0.6) is 5.75 Å². The molecule has 2 aromatic carbocycles. The number of nitrogens with two attached hydrogens (primary N) is 1. The molecule has 9 nitrogen and oxygen atoms in total. The molecule has 29 heavy (non-hydrogen) atoms. The third kappa shape index (κ3) is 6.35. The van der Waals surface area contributed by atoms with E-state index in [4.69, 9.17) is 25.7 Å². The van der Waals surface area contributed by atoms with E-state index in [-0.39, 0.29) is 12.3 Å². The van der Waals surface area contributed by atoms with Gasteiger partial charge in [0, 0.05) is 17.5 Å². The van der Waals surface area contributed by atoms with Gasteiger partial charge in [-0.2, -0.15) is 0 Å². The van der Waals surface area contributed by atoms with Gasteiger partial charge in [-0.25, -0.2) is 9.59 Å². The molecular weight excluding hydrogens is 378 g/mol. The monoisotopic (exact) mass is 399 g/mol. The SMILES string of the molecule is COC(=O)C(Cc1ccc(OCC(=O)O)cc1)NC(=O)c1ccc(C(=N)N)cc1. The van der Waals surface area contributed by atoms with E-state index in [1.807, 2.05) is 0 Å². The summed E-state index contributed by atoms with van der Waals surface area (Å²) < 4.78 is 9.83. The van der Waals surface area contributed by atoms with Crippen LogP contribution in [-0.2, 0) is 20.7 Å². The number of benzene rings is 2. The second-order valence-corrected chi connectivity index (χ2v) is 6.07. The van der Waals surface area contributed by atoms with Gasteiger partial charge in [0.25, 0.3) is 5.91 Å². The zero-order chi connectivity index (χ0) is 21.4. The van der Waals surface area contributed by atoms with Crippen LogP contribution in [0.4, 0.5) is 0 Å². The Balaban J connectivity index is 2.07. The van der Waals surface area contributed by atoms with E-state index >= 15 is 0 Å². The van der Waals surface area contributed by atoms with Gasteiger partial charge in [-0.05, 0) is 29.8 Å². The van der Waals surface area contributed by atoms with Crippen LogP contribution in [-0.4, -0.2) is 48.5 Å². The van der Waals surface area contributed by atoms with Crippen LogP contribution in [0, 0.1) is 5.41 Å².